The van der Waals surface area contributed by atoms with Crippen molar-refractivity contribution in [2.24, 2.45) is 5.92 Å². The Bertz CT molecular complexity index is 105. The van der Waals surface area contributed by atoms with E-state index in [1.54, 1.807) is 0 Å². The second-order valence-corrected chi connectivity index (χ2v) is 3.12. The lowest BCUT2D eigenvalue weighted by atomic mass is 9.83. The van der Waals surface area contributed by atoms with Crippen molar-refractivity contribution in [3.8, 4) is 0 Å². The topological polar surface area (TPSA) is 29.5 Å². The average Bonchev–Trinajstić information content (AvgIpc) is 1.90. The number of hydrogen-bond donors (Lipinski definition) is 1. The zero-order chi connectivity index (χ0) is 6.27. The van der Waals surface area contributed by atoms with E-state index in [1.165, 1.54) is 6.42 Å². The minimum atomic E-state index is -0.155. The minimum absolute atomic E-state index is 0.155. The molecule has 0 aromatic carbocycles. The van der Waals surface area contributed by atoms with Crippen LogP contribution in [0.25, 0.3) is 0 Å². The summed E-state index contributed by atoms with van der Waals surface area (Å²) in [6.45, 7) is 0.891. The van der Waals surface area contributed by atoms with Crippen molar-refractivity contribution in [3.05, 3.63) is 0 Å². The number of aliphatic hydroxyl groups is 1. The van der Waals surface area contributed by atoms with Gasteiger partial charge in [0.25, 0.3) is 0 Å². The molecule has 9 heavy (non-hydrogen) atoms. The standard InChI is InChI=1S/C7H12O2/c8-6-3-5-1-2-7(6)9-4-5/h5-8H,1-4H2. The first-order valence-corrected chi connectivity index (χ1v) is 3.66. The molecule has 3 unspecified atom stereocenters. The highest BCUT2D eigenvalue weighted by Gasteiger charge is 2.34. The van der Waals surface area contributed by atoms with E-state index in [-0.39, 0.29) is 12.2 Å². The summed E-state index contributed by atoms with van der Waals surface area (Å²) in [5.74, 6) is 0.657. The van der Waals surface area contributed by atoms with Crippen molar-refractivity contribution in [1.29, 1.82) is 0 Å². The van der Waals surface area contributed by atoms with Gasteiger partial charge in [-0.25, -0.2) is 0 Å². The van der Waals surface area contributed by atoms with E-state index in [0.717, 1.165) is 19.4 Å². The minimum Gasteiger partial charge on any atom is -0.390 e. The van der Waals surface area contributed by atoms with Crippen LogP contribution in [0.4, 0.5) is 0 Å². The first-order chi connectivity index (χ1) is 4.36. The molecular weight excluding hydrogens is 116 g/mol. The molecular formula is C7H12O2. The van der Waals surface area contributed by atoms with Crippen LogP contribution in [-0.2, 0) is 4.74 Å². The van der Waals surface area contributed by atoms with Crippen LogP contribution in [0.15, 0.2) is 0 Å². The van der Waals surface area contributed by atoms with Gasteiger partial charge in [0.15, 0.2) is 0 Å². The van der Waals surface area contributed by atoms with Gasteiger partial charge in [0.1, 0.15) is 0 Å². The zero-order valence-corrected chi connectivity index (χ0v) is 5.42. The highest BCUT2D eigenvalue weighted by molar-refractivity contribution is 4.84. The van der Waals surface area contributed by atoms with Crippen molar-refractivity contribution in [1.82, 2.24) is 0 Å². The second-order valence-electron chi connectivity index (χ2n) is 3.12. The van der Waals surface area contributed by atoms with Gasteiger partial charge in [-0.05, 0) is 25.2 Å². The second kappa shape index (κ2) is 1.96. The average molecular weight is 128 g/mol. The van der Waals surface area contributed by atoms with Crippen molar-refractivity contribution in [3.63, 3.8) is 0 Å². The van der Waals surface area contributed by atoms with Crippen molar-refractivity contribution < 1.29 is 9.84 Å². The van der Waals surface area contributed by atoms with E-state index in [0.29, 0.717) is 5.92 Å². The van der Waals surface area contributed by atoms with Gasteiger partial charge < -0.3 is 9.84 Å². The van der Waals surface area contributed by atoms with Gasteiger partial charge in [0.2, 0.25) is 0 Å². The lowest BCUT2D eigenvalue weighted by molar-refractivity contribution is -0.134. The molecule has 3 atom stereocenters. The molecule has 52 valence electrons. The summed E-state index contributed by atoms with van der Waals surface area (Å²) < 4.78 is 5.34. The van der Waals surface area contributed by atoms with Crippen LogP contribution in [0.1, 0.15) is 19.3 Å². The Labute approximate surface area is 54.8 Å². The Hall–Kier alpha value is -0.0800. The Morgan fingerprint density at radius 3 is 2.44 bits per heavy atom. The third-order valence-corrected chi connectivity index (χ3v) is 2.41. The van der Waals surface area contributed by atoms with Gasteiger partial charge in [-0.1, -0.05) is 0 Å². The third kappa shape index (κ3) is 0.864. The lowest BCUT2D eigenvalue weighted by Crippen LogP contribution is -2.43. The fourth-order valence-electron chi connectivity index (χ4n) is 1.81. The molecule has 0 aromatic rings. The summed E-state index contributed by atoms with van der Waals surface area (Å²) in [4.78, 5) is 0. The third-order valence-electron chi connectivity index (χ3n) is 2.41. The molecule has 2 nitrogen and oxygen atoms in total. The summed E-state index contributed by atoms with van der Waals surface area (Å²) in [6.07, 6.45) is 3.34. The van der Waals surface area contributed by atoms with Crippen LogP contribution in [0.2, 0.25) is 0 Å². The fourth-order valence-corrected chi connectivity index (χ4v) is 1.81. The van der Waals surface area contributed by atoms with Gasteiger partial charge in [0.05, 0.1) is 12.2 Å². The summed E-state index contributed by atoms with van der Waals surface area (Å²) in [5, 5.41) is 9.27. The van der Waals surface area contributed by atoms with E-state index < -0.39 is 0 Å². The molecule has 0 aromatic heterocycles. The van der Waals surface area contributed by atoms with Gasteiger partial charge in [-0.3, -0.25) is 0 Å². The molecule has 3 rings (SSSR count). The smallest absolute Gasteiger partial charge is 0.0834 e. The molecule has 0 radical (unpaired) electrons. The molecule has 1 saturated carbocycles. The first-order valence-electron chi connectivity index (χ1n) is 3.66. The van der Waals surface area contributed by atoms with Crippen LogP contribution >= 0.6 is 0 Å². The molecule has 0 spiro atoms. The van der Waals surface area contributed by atoms with Crippen molar-refractivity contribution in [2.75, 3.05) is 6.61 Å². The summed E-state index contributed by atoms with van der Waals surface area (Å²) >= 11 is 0. The molecule has 1 aliphatic carbocycles. The van der Waals surface area contributed by atoms with E-state index in [2.05, 4.69) is 0 Å². The highest BCUT2D eigenvalue weighted by Crippen LogP contribution is 2.32. The predicted octanol–water partition coefficient (Wildman–Crippen LogP) is 0.546. The van der Waals surface area contributed by atoms with Crippen LogP contribution in [0.3, 0.4) is 0 Å². The Kier molecular flexibility index (Phi) is 1.24. The maximum Gasteiger partial charge on any atom is 0.0834 e. The maximum absolute atomic E-state index is 9.27. The van der Waals surface area contributed by atoms with Crippen LogP contribution in [0.5, 0.6) is 0 Å². The van der Waals surface area contributed by atoms with Gasteiger partial charge in [-0.2, -0.15) is 0 Å². The highest BCUT2D eigenvalue weighted by atomic mass is 16.5. The monoisotopic (exact) mass is 128 g/mol. The summed E-state index contributed by atoms with van der Waals surface area (Å²) in [5.41, 5.74) is 0. The van der Waals surface area contributed by atoms with Gasteiger partial charge in [-0.15, -0.1) is 0 Å². The first kappa shape index (κ1) is 5.69. The van der Waals surface area contributed by atoms with Crippen LogP contribution < -0.4 is 0 Å². The molecule has 2 bridgehead atoms. The fraction of sp³-hybridized carbons (Fsp3) is 1.00. The van der Waals surface area contributed by atoms with Gasteiger partial charge in [0, 0.05) is 6.61 Å². The van der Waals surface area contributed by atoms with E-state index in [9.17, 15) is 5.11 Å². The summed E-state index contributed by atoms with van der Waals surface area (Å²) in [6, 6.07) is 0. The SMILES string of the molecule is OC1CC2CCC1OC2. The molecule has 0 amide bonds. The van der Waals surface area contributed by atoms with Crippen molar-refractivity contribution in [2.45, 2.75) is 31.5 Å². The molecule has 2 heterocycles. The molecule has 2 heteroatoms. The molecule has 3 fully saturated rings. The number of fused-ring (bicyclic) bond motifs is 3. The lowest BCUT2D eigenvalue weighted by Gasteiger charge is -2.39. The van der Waals surface area contributed by atoms with E-state index in [1.807, 2.05) is 0 Å². The molecule has 3 aliphatic rings. The van der Waals surface area contributed by atoms with E-state index in [4.69, 9.17) is 4.74 Å². The van der Waals surface area contributed by atoms with Crippen LogP contribution in [0, 0.1) is 5.92 Å². The molecule has 1 N–H and O–H groups in total. The number of ether oxygens (including phenoxy) is 1. The summed E-state index contributed by atoms with van der Waals surface area (Å²) in [7, 11) is 0. The maximum atomic E-state index is 9.27. The number of aliphatic hydroxyl groups excluding tert-OH is 1. The number of hydrogen-bond acceptors (Lipinski definition) is 2. The molecule has 2 aliphatic heterocycles. The van der Waals surface area contributed by atoms with E-state index >= 15 is 0 Å². The van der Waals surface area contributed by atoms with Crippen molar-refractivity contribution >= 4 is 0 Å². The predicted molar refractivity (Wildman–Crippen MR) is 33.1 cm³/mol. The quantitative estimate of drug-likeness (QED) is 0.516. The Morgan fingerprint density at radius 1 is 1.33 bits per heavy atom. The normalized spacial score (nSPS) is 49.7. The largest absolute Gasteiger partial charge is 0.390 e. The number of rotatable bonds is 0. The van der Waals surface area contributed by atoms with Crippen LogP contribution in [-0.4, -0.2) is 23.9 Å². The Morgan fingerprint density at radius 2 is 2.22 bits per heavy atom. The van der Waals surface area contributed by atoms with Gasteiger partial charge >= 0.3 is 0 Å². The zero-order valence-electron chi connectivity index (χ0n) is 5.42. The molecule has 2 saturated heterocycles. The Balaban J connectivity index is 2.06.